The molecule has 3 rings (SSSR count). The zero-order chi connectivity index (χ0) is 16.8. The summed E-state index contributed by atoms with van der Waals surface area (Å²) < 4.78 is 0. The standard InChI is InChI=1S/C20H31NO2/c1-13(22)15-6-7-16-14-5-8-18(23)20(3,10-4-12-21)17(14)9-11-19(15,16)2/h13-17,22H,4-11H2,1-3H3/t13-,14-,15+,16-,17+,19+,20-/m0/s1. The number of ketones is 1. The second-order valence-corrected chi connectivity index (χ2v) is 8.88. The van der Waals surface area contributed by atoms with E-state index in [1.54, 1.807) is 0 Å². The Morgan fingerprint density at radius 3 is 2.65 bits per heavy atom. The molecule has 3 saturated carbocycles. The van der Waals surface area contributed by atoms with Crippen molar-refractivity contribution in [2.24, 2.45) is 34.5 Å². The highest BCUT2D eigenvalue weighted by molar-refractivity contribution is 5.85. The van der Waals surface area contributed by atoms with Gasteiger partial charge in [-0.2, -0.15) is 5.26 Å². The number of aliphatic hydroxyl groups is 1. The van der Waals surface area contributed by atoms with E-state index in [1.807, 2.05) is 6.92 Å². The summed E-state index contributed by atoms with van der Waals surface area (Å²) in [5.74, 6) is 2.51. The summed E-state index contributed by atoms with van der Waals surface area (Å²) in [6.45, 7) is 6.47. The van der Waals surface area contributed by atoms with Crippen LogP contribution in [0, 0.1) is 45.8 Å². The quantitative estimate of drug-likeness (QED) is 0.852. The molecule has 3 fully saturated rings. The molecule has 0 aromatic heterocycles. The first-order chi connectivity index (χ1) is 10.8. The van der Waals surface area contributed by atoms with E-state index in [4.69, 9.17) is 5.26 Å². The smallest absolute Gasteiger partial charge is 0.139 e. The van der Waals surface area contributed by atoms with Crippen LogP contribution in [0.1, 0.15) is 72.1 Å². The Balaban J connectivity index is 1.88. The number of aliphatic hydroxyl groups excluding tert-OH is 1. The van der Waals surface area contributed by atoms with E-state index >= 15 is 0 Å². The van der Waals surface area contributed by atoms with E-state index in [1.165, 1.54) is 6.42 Å². The molecule has 0 aliphatic heterocycles. The van der Waals surface area contributed by atoms with Gasteiger partial charge in [-0.25, -0.2) is 0 Å². The lowest BCUT2D eigenvalue weighted by Gasteiger charge is -2.56. The van der Waals surface area contributed by atoms with Crippen molar-refractivity contribution in [2.75, 3.05) is 0 Å². The largest absolute Gasteiger partial charge is 0.393 e. The summed E-state index contributed by atoms with van der Waals surface area (Å²) >= 11 is 0. The Morgan fingerprint density at radius 2 is 2.00 bits per heavy atom. The average Bonchev–Trinajstić information content (AvgIpc) is 2.86. The minimum Gasteiger partial charge on any atom is -0.393 e. The van der Waals surface area contributed by atoms with E-state index in [0.29, 0.717) is 42.3 Å². The van der Waals surface area contributed by atoms with Gasteiger partial charge in [0, 0.05) is 18.3 Å². The zero-order valence-electron chi connectivity index (χ0n) is 14.8. The maximum absolute atomic E-state index is 12.7. The molecule has 0 radical (unpaired) electrons. The number of carbonyl (C=O) groups excluding carboxylic acids is 1. The van der Waals surface area contributed by atoms with Gasteiger partial charge in [0.2, 0.25) is 0 Å². The van der Waals surface area contributed by atoms with Crippen LogP contribution in [0.3, 0.4) is 0 Å². The second kappa shape index (κ2) is 5.88. The summed E-state index contributed by atoms with van der Waals surface area (Å²) in [4.78, 5) is 12.7. The lowest BCUT2D eigenvalue weighted by molar-refractivity contribution is -0.146. The maximum atomic E-state index is 12.7. The summed E-state index contributed by atoms with van der Waals surface area (Å²) in [5.41, 5.74) is -0.0469. The van der Waals surface area contributed by atoms with Crippen molar-refractivity contribution in [1.82, 2.24) is 0 Å². The number of nitrogens with zero attached hydrogens (tertiary/aromatic N) is 1. The molecule has 0 unspecified atom stereocenters. The Morgan fingerprint density at radius 1 is 1.26 bits per heavy atom. The van der Waals surface area contributed by atoms with E-state index in [9.17, 15) is 9.90 Å². The van der Waals surface area contributed by atoms with Crippen molar-refractivity contribution in [3.63, 3.8) is 0 Å². The molecule has 3 aliphatic carbocycles. The van der Waals surface area contributed by atoms with Crippen LogP contribution >= 0.6 is 0 Å². The minimum absolute atomic E-state index is 0.225. The van der Waals surface area contributed by atoms with Crippen LogP contribution in [0.4, 0.5) is 0 Å². The third kappa shape index (κ3) is 2.45. The molecule has 0 saturated heterocycles. The lowest BCUT2D eigenvalue weighted by atomic mass is 9.48. The third-order valence-electron chi connectivity index (χ3n) is 8.01. The minimum atomic E-state index is -0.289. The first-order valence-electron chi connectivity index (χ1n) is 9.43. The fourth-order valence-corrected chi connectivity index (χ4v) is 6.74. The molecule has 128 valence electrons. The van der Waals surface area contributed by atoms with E-state index in [-0.39, 0.29) is 16.9 Å². The SMILES string of the molecule is C[C@H](O)[C@H]1CC[C@H]2[C@@H]3CCC(=O)[C@@](C)(CCC#N)[C@@H]3CC[C@]12C. The molecule has 0 aromatic rings. The Bertz CT molecular complexity index is 522. The first kappa shape index (κ1) is 17.0. The van der Waals surface area contributed by atoms with Crippen LogP contribution < -0.4 is 0 Å². The van der Waals surface area contributed by atoms with Gasteiger partial charge in [0.15, 0.2) is 0 Å². The molecule has 0 spiro atoms. The highest BCUT2D eigenvalue weighted by Gasteiger charge is 2.59. The fraction of sp³-hybridized carbons (Fsp3) is 0.900. The van der Waals surface area contributed by atoms with Crippen LogP contribution in [-0.4, -0.2) is 17.0 Å². The molecule has 0 heterocycles. The first-order valence-corrected chi connectivity index (χ1v) is 9.43. The van der Waals surface area contributed by atoms with E-state index < -0.39 is 0 Å². The molecule has 23 heavy (non-hydrogen) atoms. The molecular formula is C20H31NO2. The van der Waals surface area contributed by atoms with Crippen molar-refractivity contribution in [3.8, 4) is 6.07 Å². The maximum Gasteiger partial charge on any atom is 0.139 e. The predicted molar refractivity (Wildman–Crippen MR) is 89.4 cm³/mol. The molecule has 0 bridgehead atoms. The number of nitriles is 1. The monoisotopic (exact) mass is 317 g/mol. The molecule has 0 amide bonds. The number of rotatable bonds is 3. The Kier molecular flexibility index (Phi) is 4.34. The summed E-state index contributed by atoms with van der Waals surface area (Å²) in [5, 5.41) is 19.2. The summed E-state index contributed by atoms with van der Waals surface area (Å²) in [6.07, 6.45) is 7.26. The van der Waals surface area contributed by atoms with Crippen molar-refractivity contribution >= 4 is 5.78 Å². The van der Waals surface area contributed by atoms with Crippen LogP contribution in [0.25, 0.3) is 0 Å². The molecule has 3 nitrogen and oxygen atoms in total. The van der Waals surface area contributed by atoms with Crippen LogP contribution in [0.5, 0.6) is 0 Å². The fourth-order valence-electron chi connectivity index (χ4n) is 6.74. The number of Topliss-reactive ketones (excluding diaryl/α,β-unsaturated/α-hetero) is 1. The van der Waals surface area contributed by atoms with Gasteiger partial charge < -0.3 is 5.11 Å². The van der Waals surface area contributed by atoms with E-state index in [2.05, 4.69) is 19.9 Å². The van der Waals surface area contributed by atoms with Crippen LogP contribution in [-0.2, 0) is 4.79 Å². The third-order valence-corrected chi connectivity index (χ3v) is 8.01. The van der Waals surface area contributed by atoms with Gasteiger partial charge in [-0.3, -0.25) is 4.79 Å². The van der Waals surface area contributed by atoms with Gasteiger partial charge >= 0.3 is 0 Å². The molecular weight excluding hydrogens is 286 g/mol. The van der Waals surface area contributed by atoms with Crippen LogP contribution in [0.2, 0.25) is 0 Å². The lowest BCUT2D eigenvalue weighted by Crippen LogP contribution is -2.52. The van der Waals surface area contributed by atoms with E-state index in [0.717, 1.165) is 32.1 Å². The van der Waals surface area contributed by atoms with Crippen molar-refractivity contribution in [1.29, 1.82) is 5.26 Å². The summed E-state index contributed by atoms with van der Waals surface area (Å²) in [6, 6.07) is 2.25. The predicted octanol–water partition coefficient (Wildman–Crippen LogP) is 4.10. The Labute approximate surface area is 140 Å². The number of fused-ring (bicyclic) bond motifs is 3. The summed E-state index contributed by atoms with van der Waals surface area (Å²) in [7, 11) is 0. The van der Waals surface area contributed by atoms with Crippen molar-refractivity contribution in [3.05, 3.63) is 0 Å². The van der Waals surface area contributed by atoms with Gasteiger partial charge in [-0.05, 0) is 74.5 Å². The molecule has 0 aromatic carbocycles. The molecule has 3 heteroatoms. The highest BCUT2D eigenvalue weighted by atomic mass is 16.3. The van der Waals surface area contributed by atoms with Gasteiger partial charge in [0.1, 0.15) is 5.78 Å². The topological polar surface area (TPSA) is 61.1 Å². The van der Waals surface area contributed by atoms with Crippen LogP contribution in [0.15, 0.2) is 0 Å². The molecule has 1 N–H and O–H groups in total. The van der Waals surface area contributed by atoms with Gasteiger partial charge in [-0.1, -0.05) is 13.8 Å². The number of carbonyl (C=O) groups is 1. The molecule has 7 atom stereocenters. The number of hydrogen-bond donors (Lipinski definition) is 1. The average molecular weight is 317 g/mol. The van der Waals surface area contributed by atoms with Gasteiger partial charge in [-0.15, -0.1) is 0 Å². The Hall–Kier alpha value is -0.880. The molecule has 3 aliphatic rings. The number of hydrogen-bond acceptors (Lipinski definition) is 3. The van der Waals surface area contributed by atoms with Crippen molar-refractivity contribution < 1.29 is 9.90 Å². The second-order valence-electron chi connectivity index (χ2n) is 8.88. The van der Waals surface area contributed by atoms with Crippen molar-refractivity contribution in [2.45, 2.75) is 78.2 Å². The zero-order valence-corrected chi connectivity index (χ0v) is 14.8. The van der Waals surface area contributed by atoms with Gasteiger partial charge in [0.05, 0.1) is 12.2 Å². The normalized spacial score (nSPS) is 47.5. The van der Waals surface area contributed by atoms with Gasteiger partial charge in [0.25, 0.3) is 0 Å². The highest BCUT2D eigenvalue weighted by Crippen LogP contribution is 2.64.